The molecule has 0 spiro atoms. The van der Waals surface area contributed by atoms with Crippen molar-refractivity contribution in [3.63, 3.8) is 0 Å². The maximum absolute atomic E-state index is 15.6. The molecule has 2 atom stereocenters. The molecule has 2 N–H and O–H groups in total. The molecule has 7 rings (SSSR count). The molecule has 0 saturated carbocycles. The van der Waals surface area contributed by atoms with E-state index in [2.05, 4.69) is 25.5 Å². The van der Waals surface area contributed by atoms with E-state index < -0.39 is 29.8 Å². The van der Waals surface area contributed by atoms with Crippen LogP contribution in [0.2, 0.25) is 0 Å². The van der Waals surface area contributed by atoms with Crippen molar-refractivity contribution in [2.75, 3.05) is 36.4 Å². The van der Waals surface area contributed by atoms with E-state index in [1.54, 1.807) is 22.2 Å². The Labute approximate surface area is 251 Å². The summed E-state index contributed by atoms with van der Waals surface area (Å²) in [5, 5.41) is 8.17. The molecular weight excluding hydrogens is 584 g/mol. The molecule has 9 nitrogen and oxygen atoms in total. The number of nitrogens with one attached hydrogen (secondary N) is 2. The van der Waals surface area contributed by atoms with Gasteiger partial charge in [0.2, 0.25) is 0 Å². The van der Waals surface area contributed by atoms with Crippen molar-refractivity contribution in [1.82, 2.24) is 24.8 Å². The summed E-state index contributed by atoms with van der Waals surface area (Å²) in [6, 6.07) is 9.82. The lowest BCUT2D eigenvalue weighted by atomic mass is 9.99. The van der Waals surface area contributed by atoms with E-state index in [1.807, 2.05) is 24.3 Å². The van der Waals surface area contributed by atoms with Gasteiger partial charge >= 0.3 is 0 Å². The van der Waals surface area contributed by atoms with Crippen molar-refractivity contribution in [1.29, 1.82) is 0 Å². The number of halogens is 3. The van der Waals surface area contributed by atoms with Gasteiger partial charge in [-0.3, -0.25) is 14.9 Å². The molecule has 0 aliphatic carbocycles. The number of alkyl halides is 1. The fraction of sp³-hybridized carbons (Fsp3) is 0.310. The first kappa shape index (κ1) is 28.3. The smallest absolute Gasteiger partial charge is 0.255 e. The summed E-state index contributed by atoms with van der Waals surface area (Å²) in [5.74, 6) is -1.53. The third-order valence-electron chi connectivity index (χ3n) is 7.97. The van der Waals surface area contributed by atoms with Crippen molar-refractivity contribution in [3.05, 3.63) is 82.6 Å². The van der Waals surface area contributed by atoms with E-state index in [1.165, 1.54) is 28.6 Å². The molecule has 3 aliphatic rings. The van der Waals surface area contributed by atoms with Crippen molar-refractivity contribution >= 4 is 46.4 Å². The van der Waals surface area contributed by atoms with Gasteiger partial charge in [0.1, 0.15) is 12.0 Å². The van der Waals surface area contributed by atoms with Gasteiger partial charge in [0.05, 0.1) is 25.1 Å². The lowest BCUT2D eigenvalue weighted by Crippen LogP contribution is -2.43. The van der Waals surface area contributed by atoms with E-state index in [0.717, 1.165) is 37.4 Å². The van der Waals surface area contributed by atoms with Gasteiger partial charge in [-0.05, 0) is 35.4 Å². The number of hydrogen-bond acceptors (Lipinski definition) is 7. The average Bonchev–Trinajstić information content (AvgIpc) is 3.77. The monoisotopic (exact) mass is 611 g/mol. The molecule has 1 fully saturated rings. The Bertz CT molecular complexity index is 1620. The van der Waals surface area contributed by atoms with Gasteiger partial charge in [-0.2, -0.15) is 0 Å². The maximum atomic E-state index is 15.6. The summed E-state index contributed by atoms with van der Waals surface area (Å²) in [4.78, 5) is 39.6. The summed E-state index contributed by atoms with van der Waals surface area (Å²) in [6.45, 7) is 3.72. The second-order valence-corrected chi connectivity index (χ2v) is 11.4. The van der Waals surface area contributed by atoms with E-state index in [0.29, 0.717) is 22.1 Å². The fourth-order valence-electron chi connectivity index (χ4n) is 5.94. The topological polar surface area (TPSA) is 95.4 Å². The summed E-state index contributed by atoms with van der Waals surface area (Å²) in [7, 11) is 0. The molecule has 5 heterocycles. The van der Waals surface area contributed by atoms with E-state index >= 15 is 4.39 Å². The minimum Gasteiger partial charge on any atom is -0.369 e. The number of imidazole rings is 1. The van der Waals surface area contributed by atoms with E-state index in [9.17, 15) is 14.0 Å². The summed E-state index contributed by atoms with van der Waals surface area (Å²) in [5.41, 5.74) is 3.75. The van der Waals surface area contributed by atoms with Crippen LogP contribution in [0.25, 0.3) is 11.1 Å². The number of benzene rings is 2. The van der Waals surface area contributed by atoms with Crippen molar-refractivity contribution < 1.29 is 18.4 Å². The third-order valence-corrected chi connectivity index (χ3v) is 8.66. The molecule has 0 bridgehead atoms. The molecule has 218 valence electrons. The maximum Gasteiger partial charge on any atom is 0.255 e. The van der Waals surface area contributed by atoms with Crippen LogP contribution >= 0.6 is 23.7 Å². The first-order chi connectivity index (χ1) is 20.0. The van der Waals surface area contributed by atoms with Crippen LogP contribution in [0.15, 0.2) is 54.3 Å². The van der Waals surface area contributed by atoms with Crippen LogP contribution in [0.3, 0.4) is 0 Å². The van der Waals surface area contributed by atoms with Crippen molar-refractivity contribution in [2.24, 2.45) is 0 Å². The highest BCUT2D eigenvalue weighted by atomic mass is 35.5. The Hall–Kier alpha value is -3.87. The highest BCUT2D eigenvalue weighted by molar-refractivity contribution is 7.13. The van der Waals surface area contributed by atoms with Gasteiger partial charge in [-0.25, -0.2) is 18.7 Å². The highest BCUT2D eigenvalue weighted by Crippen LogP contribution is 2.38. The molecule has 4 aromatic rings. The molecule has 13 heteroatoms. The molecule has 0 radical (unpaired) electrons. The van der Waals surface area contributed by atoms with Gasteiger partial charge in [-0.15, -0.1) is 23.7 Å². The van der Waals surface area contributed by atoms with Crippen LogP contribution < -0.4 is 15.5 Å². The summed E-state index contributed by atoms with van der Waals surface area (Å²) >= 11 is 1.24. The Kier molecular flexibility index (Phi) is 7.69. The predicted molar refractivity (Wildman–Crippen MR) is 158 cm³/mol. The van der Waals surface area contributed by atoms with Gasteiger partial charge in [0.15, 0.2) is 11.2 Å². The predicted octanol–water partition coefficient (Wildman–Crippen LogP) is 4.21. The number of piperazine rings is 1. The van der Waals surface area contributed by atoms with Crippen LogP contribution in [-0.4, -0.2) is 63.6 Å². The molecule has 42 heavy (non-hydrogen) atoms. The van der Waals surface area contributed by atoms with E-state index in [4.69, 9.17) is 0 Å². The normalized spacial score (nSPS) is 18.4. The Morgan fingerprint density at radius 2 is 1.90 bits per heavy atom. The van der Waals surface area contributed by atoms with Crippen LogP contribution in [-0.2, 0) is 24.3 Å². The Morgan fingerprint density at radius 3 is 2.64 bits per heavy atom. The number of thiazole rings is 1. The highest BCUT2D eigenvalue weighted by Gasteiger charge is 2.42. The number of rotatable bonds is 6. The second-order valence-electron chi connectivity index (χ2n) is 10.5. The zero-order valence-electron chi connectivity index (χ0n) is 22.4. The molecule has 2 aromatic carbocycles. The van der Waals surface area contributed by atoms with E-state index in [-0.39, 0.29) is 43.0 Å². The minimum absolute atomic E-state index is 0. The zero-order valence-corrected chi connectivity index (χ0v) is 24.1. The molecule has 3 aliphatic heterocycles. The van der Waals surface area contributed by atoms with Crippen LogP contribution in [0.1, 0.15) is 33.4 Å². The Balaban J connectivity index is 0.00000316. The van der Waals surface area contributed by atoms with Gasteiger partial charge < -0.3 is 19.7 Å². The first-order valence-corrected chi connectivity index (χ1v) is 14.4. The van der Waals surface area contributed by atoms with Gasteiger partial charge in [0.25, 0.3) is 11.8 Å². The summed E-state index contributed by atoms with van der Waals surface area (Å²) < 4.78 is 31.5. The number of nitrogens with zero attached hydrogens (tertiary/aromatic N) is 5. The SMILES string of the molecule is Cl.O=C(Nc1nccs1)C(c1ncn2c1C[C@@H](F)C2)N1Cc2c(F)cc(-c3ccc(N4CCNCC4)cc3)cc2C1=O. The number of aromatic nitrogens is 3. The molecular formula is C29H28ClF2N7O2S. The number of amides is 2. The van der Waals surface area contributed by atoms with Crippen molar-refractivity contribution in [3.8, 4) is 11.1 Å². The van der Waals surface area contributed by atoms with Crippen molar-refractivity contribution in [2.45, 2.75) is 31.7 Å². The number of carbonyl (C=O) groups is 2. The van der Waals surface area contributed by atoms with Gasteiger partial charge in [0, 0.05) is 66.7 Å². The molecule has 2 aromatic heterocycles. The van der Waals surface area contributed by atoms with Crippen LogP contribution in [0, 0.1) is 5.82 Å². The van der Waals surface area contributed by atoms with Crippen LogP contribution in [0.4, 0.5) is 19.6 Å². The Morgan fingerprint density at radius 1 is 1.12 bits per heavy atom. The standard InChI is InChI=1S/C29H27F2N7O2S.ClH/c30-19-13-24-25(34-16-37(24)14-19)26(27(39)35-29-33-7-10-41-29)38-15-22-21(28(38)40)11-18(12-23(22)31)17-1-3-20(4-2-17)36-8-5-32-6-9-36;/h1-4,7,10-12,16,19,26,32H,5-6,8-9,13-15H2,(H,33,35,39);1H/t19-,26?;/m1./s1. The van der Waals surface area contributed by atoms with Crippen LogP contribution in [0.5, 0.6) is 0 Å². The fourth-order valence-corrected chi connectivity index (χ4v) is 6.47. The summed E-state index contributed by atoms with van der Waals surface area (Å²) in [6.07, 6.45) is 2.04. The van der Waals surface area contributed by atoms with Gasteiger partial charge in [-0.1, -0.05) is 12.1 Å². The average molecular weight is 612 g/mol. The lowest BCUT2D eigenvalue weighted by molar-refractivity contribution is -0.121. The number of fused-ring (bicyclic) bond motifs is 2. The molecule has 1 unspecified atom stereocenters. The molecule has 2 amide bonds. The largest absolute Gasteiger partial charge is 0.369 e. The third kappa shape index (κ3) is 5.03. The number of carbonyl (C=O) groups excluding carboxylic acids is 2. The number of hydrogen-bond donors (Lipinski definition) is 2. The second kappa shape index (κ2) is 11.4. The zero-order chi connectivity index (χ0) is 28.1. The number of anilines is 2. The quantitative estimate of drug-likeness (QED) is 0.339. The first-order valence-electron chi connectivity index (χ1n) is 13.5. The molecule has 1 saturated heterocycles. The minimum atomic E-state index is -1.18. The lowest BCUT2D eigenvalue weighted by Gasteiger charge is -2.29.